The van der Waals surface area contributed by atoms with E-state index in [1.807, 2.05) is 21.1 Å². The Balaban J connectivity index is 4.20. The van der Waals surface area contributed by atoms with E-state index in [2.05, 4.69) is 74.6 Å². The molecule has 0 saturated heterocycles. The number of hydrogen-bond donors (Lipinski definition) is 1. The van der Waals surface area contributed by atoms with Gasteiger partial charge in [0, 0.05) is 13.0 Å². The topological polar surface area (TPSA) is 91.3 Å². The molecule has 9 heteroatoms. The SMILES string of the molecule is CCCCC/C=C\C/C=C\C/C=C\CCCCCCCCCOCC(COP(=O)(O)OCC[N+](C)(C)C)OC(=O)CCCCCCCCCCC/C=C\C/C=C\CCCCC. The van der Waals surface area contributed by atoms with Gasteiger partial charge in [-0.3, -0.25) is 13.8 Å². The number of phosphoric ester groups is 1. The lowest BCUT2D eigenvalue weighted by Gasteiger charge is -2.24. The zero-order valence-electron chi connectivity index (χ0n) is 40.4. The van der Waals surface area contributed by atoms with Gasteiger partial charge in [0.15, 0.2) is 0 Å². The molecule has 0 saturated carbocycles. The molecule has 0 heterocycles. The second-order valence-electron chi connectivity index (χ2n) is 17.8. The van der Waals surface area contributed by atoms with Crippen LogP contribution in [0.2, 0.25) is 0 Å². The highest BCUT2D eigenvalue weighted by atomic mass is 31.2. The van der Waals surface area contributed by atoms with Crippen LogP contribution in [0.1, 0.15) is 206 Å². The van der Waals surface area contributed by atoms with Gasteiger partial charge in [-0.05, 0) is 83.5 Å². The number of likely N-dealkylation sites (N-methyl/N-ethyl adjacent to an activating group) is 1. The van der Waals surface area contributed by atoms with Crippen LogP contribution in [0.25, 0.3) is 0 Å². The summed E-state index contributed by atoms with van der Waals surface area (Å²) in [4.78, 5) is 23.0. The van der Waals surface area contributed by atoms with Crippen molar-refractivity contribution < 1.29 is 37.3 Å². The highest BCUT2D eigenvalue weighted by Gasteiger charge is 2.26. The minimum absolute atomic E-state index is 0.0834. The minimum atomic E-state index is -4.29. The Morgan fingerprint density at radius 3 is 1.34 bits per heavy atom. The summed E-state index contributed by atoms with van der Waals surface area (Å²) in [5, 5.41) is 0. The van der Waals surface area contributed by atoms with E-state index in [-0.39, 0.29) is 25.8 Å². The van der Waals surface area contributed by atoms with Crippen LogP contribution in [0.15, 0.2) is 60.8 Å². The summed E-state index contributed by atoms with van der Waals surface area (Å²) in [5.74, 6) is -0.322. The molecule has 2 atom stereocenters. The molecule has 61 heavy (non-hydrogen) atoms. The monoisotopic (exact) mass is 879 g/mol. The summed E-state index contributed by atoms with van der Waals surface area (Å²) in [6.45, 7) is 5.55. The molecule has 0 aliphatic rings. The average Bonchev–Trinajstić information content (AvgIpc) is 3.22. The number of ether oxygens (including phenoxy) is 2. The molecule has 0 radical (unpaired) electrons. The van der Waals surface area contributed by atoms with Gasteiger partial charge in [0.1, 0.15) is 19.3 Å². The number of carbonyl (C=O) groups is 1. The Morgan fingerprint density at radius 1 is 0.508 bits per heavy atom. The molecule has 0 rings (SSSR count). The lowest BCUT2D eigenvalue weighted by Crippen LogP contribution is -2.37. The van der Waals surface area contributed by atoms with E-state index in [0.29, 0.717) is 24.1 Å². The van der Waals surface area contributed by atoms with Crippen molar-refractivity contribution in [3.05, 3.63) is 60.8 Å². The molecular formula is C52H97NO7P+. The van der Waals surface area contributed by atoms with Crippen molar-refractivity contribution in [1.82, 2.24) is 0 Å². The highest BCUT2D eigenvalue weighted by molar-refractivity contribution is 7.47. The van der Waals surface area contributed by atoms with Crippen molar-refractivity contribution in [2.75, 3.05) is 54.1 Å². The summed E-state index contributed by atoms with van der Waals surface area (Å²) < 4.78 is 35.1. The third-order valence-corrected chi connectivity index (χ3v) is 11.5. The smallest absolute Gasteiger partial charge is 0.457 e. The summed E-state index contributed by atoms with van der Waals surface area (Å²) in [5.41, 5.74) is 0. The van der Waals surface area contributed by atoms with Crippen LogP contribution in [-0.4, -0.2) is 75.6 Å². The maximum Gasteiger partial charge on any atom is 0.472 e. The lowest BCUT2D eigenvalue weighted by atomic mass is 10.1. The fourth-order valence-corrected chi connectivity index (χ4v) is 7.39. The van der Waals surface area contributed by atoms with Crippen LogP contribution in [-0.2, 0) is 27.9 Å². The van der Waals surface area contributed by atoms with E-state index in [0.717, 1.165) is 57.8 Å². The molecule has 0 aliphatic carbocycles. The van der Waals surface area contributed by atoms with Gasteiger partial charge < -0.3 is 18.9 Å². The quantitative estimate of drug-likeness (QED) is 0.0214. The lowest BCUT2D eigenvalue weighted by molar-refractivity contribution is -0.870. The van der Waals surface area contributed by atoms with Crippen molar-refractivity contribution in [3.8, 4) is 0 Å². The van der Waals surface area contributed by atoms with Gasteiger partial charge in [-0.2, -0.15) is 0 Å². The van der Waals surface area contributed by atoms with Crippen LogP contribution < -0.4 is 0 Å². The maximum absolute atomic E-state index is 12.8. The summed E-state index contributed by atoms with van der Waals surface area (Å²) in [6, 6.07) is 0. The van der Waals surface area contributed by atoms with E-state index in [1.54, 1.807) is 0 Å². The number of allylic oxidation sites excluding steroid dienone is 10. The molecule has 0 spiro atoms. The number of quaternary nitrogens is 1. The molecule has 0 aromatic carbocycles. The van der Waals surface area contributed by atoms with Crippen LogP contribution in [0.3, 0.4) is 0 Å². The molecule has 8 nitrogen and oxygen atoms in total. The van der Waals surface area contributed by atoms with Crippen molar-refractivity contribution in [2.24, 2.45) is 0 Å². The Bertz CT molecular complexity index is 1160. The standard InChI is InChI=1S/C52H96NO7P/c1-6-8-10-12-14-16-18-20-22-24-26-28-30-32-34-36-38-40-42-44-47-57-49-51(50-59-61(55,56)58-48-46-53(3,4)5)60-52(54)45-43-41-39-37-35-33-31-29-27-25-23-21-19-17-15-13-11-9-7-2/h14-17,20-23,26,28,51H,6-13,18-19,24-25,27,29-50H2,1-5H3/p+1/b16-14-,17-15-,22-20-,23-21-,28-26-. The molecule has 0 amide bonds. The summed E-state index contributed by atoms with van der Waals surface area (Å²) in [6.07, 6.45) is 56.8. The molecule has 0 aromatic rings. The second kappa shape index (κ2) is 44.8. The van der Waals surface area contributed by atoms with Crippen molar-refractivity contribution in [1.29, 1.82) is 0 Å². The summed E-state index contributed by atoms with van der Waals surface area (Å²) in [7, 11) is 1.65. The first kappa shape index (κ1) is 59.2. The third-order valence-electron chi connectivity index (χ3n) is 10.6. The minimum Gasteiger partial charge on any atom is -0.457 e. The van der Waals surface area contributed by atoms with Crippen LogP contribution in [0.5, 0.6) is 0 Å². The van der Waals surface area contributed by atoms with E-state index < -0.39 is 13.9 Å². The predicted molar refractivity (Wildman–Crippen MR) is 261 cm³/mol. The molecular weight excluding hydrogens is 782 g/mol. The number of carbonyl (C=O) groups excluding carboxylic acids is 1. The van der Waals surface area contributed by atoms with E-state index in [1.165, 1.54) is 128 Å². The second-order valence-corrected chi connectivity index (χ2v) is 19.3. The molecule has 0 aliphatic heterocycles. The van der Waals surface area contributed by atoms with Crippen molar-refractivity contribution >= 4 is 13.8 Å². The van der Waals surface area contributed by atoms with Gasteiger partial charge in [0.25, 0.3) is 0 Å². The highest BCUT2D eigenvalue weighted by Crippen LogP contribution is 2.43. The van der Waals surface area contributed by atoms with Gasteiger partial charge in [0.2, 0.25) is 0 Å². The molecule has 356 valence electrons. The van der Waals surface area contributed by atoms with Crippen molar-refractivity contribution in [3.63, 3.8) is 0 Å². The van der Waals surface area contributed by atoms with Gasteiger partial charge in [-0.1, -0.05) is 177 Å². The van der Waals surface area contributed by atoms with E-state index >= 15 is 0 Å². The van der Waals surface area contributed by atoms with Gasteiger partial charge in [-0.25, -0.2) is 4.57 Å². The Kier molecular flexibility index (Phi) is 43.5. The first-order valence-electron chi connectivity index (χ1n) is 25.0. The van der Waals surface area contributed by atoms with Crippen molar-refractivity contribution in [2.45, 2.75) is 213 Å². The fraction of sp³-hybridized carbons (Fsp3) is 0.788. The normalized spacial score (nSPS) is 14.1. The Morgan fingerprint density at radius 2 is 0.902 bits per heavy atom. The molecule has 2 unspecified atom stereocenters. The Hall–Kier alpha value is -1.80. The zero-order valence-corrected chi connectivity index (χ0v) is 41.3. The molecule has 1 N–H and O–H groups in total. The molecule has 0 aromatic heterocycles. The first-order valence-corrected chi connectivity index (χ1v) is 26.5. The van der Waals surface area contributed by atoms with Gasteiger partial charge in [0.05, 0.1) is 34.4 Å². The first-order chi connectivity index (χ1) is 29.6. The third kappa shape index (κ3) is 49.1. The number of unbranched alkanes of at least 4 members (excludes halogenated alkanes) is 22. The molecule has 0 fully saturated rings. The largest absolute Gasteiger partial charge is 0.472 e. The van der Waals surface area contributed by atoms with Crippen LogP contribution >= 0.6 is 7.82 Å². The number of phosphoric acid groups is 1. The summed E-state index contributed by atoms with van der Waals surface area (Å²) >= 11 is 0. The Labute approximate surface area is 377 Å². The average molecular weight is 879 g/mol. The fourth-order valence-electron chi connectivity index (χ4n) is 6.65. The van der Waals surface area contributed by atoms with E-state index in [4.69, 9.17) is 18.5 Å². The number of rotatable bonds is 46. The maximum atomic E-state index is 12.8. The van der Waals surface area contributed by atoms with E-state index in [9.17, 15) is 14.3 Å². The van der Waals surface area contributed by atoms with Gasteiger partial charge in [-0.15, -0.1) is 0 Å². The predicted octanol–water partition coefficient (Wildman–Crippen LogP) is 15.3. The van der Waals surface area contributed by atoms with Gasteiger partial charge >= 0.3 is 13.8 Å². The zero-order chi connectivity index (χ0) is 44.8. The molecule has 0 bridgehead atoms. The number of nitrogens with zero attached hydrogens (tertiary/aromatic N) is 1. The number of esters is 1. The van der Waals surface area contributed by atoms with Crippen LogP contribution in [0, 0.1) is 0 Å². The van der Waals surface area contributed by atoms with Crippen LogP contribution in [0.4, 0.5) is 0 Å². The number of hydrogen-bond acceptors (Lipinski definition) is 6.